The van der Waals surface area contributed by atoms with Crippen molar-refractivity contribution in [3.63, 3.8) is 0 Å². The van der Waals surface area contributed by atoms with Crippen LogP contribution < -0.4 is 5.73 Å². The first-order valence-corrected chi connectivity index (χ1v) is 8.32. The van der Waals surface area contributed by atoms with Crippen molar-refractivity contribution in [3.8, 4) is 0 Å². The van der Waals surface area contributed by atoms with E-state index in [9.17, 15) is 0 Å². The van der Waals surface area contributed by atoms with Crippen molar-refractivity contribution in [1.82, 2.24) is 4.90 Å². The summed E-state index contributed by atoms with van der Waals surface area (Å²) < 4.78 is 5.54. The van der Waals surface area contributed by atoms with E-state index in [4.69, 9.17) is 10.5 Å². The number of ether oxygens (including phenoxy) is 1. The van der Waals surface area contributed by atoms with Gasteiger partial charge in [-0.25, -0.2) is 0 Å². The molecule has 0 saturated heterocycles. The van der Waals surface area contributed by atoms with Crippen LogP contribution >= 0.6 is 0 Å². The van der Waals surface area contributed by atoms with Gasteiger partial charge in [-0.1, -0.05) is 24.3 Å². The molecule has 21 heavy (non-hydrogen) atoms. The van der Waals surface area contributed by atoms with Crippen molar-refractivity contribution in [3.05, 3.63) is 35.4 Å². The van der Waals surface area contributed by atoms with Crippen molar-refractivity contribution < 1.29 is 4.74 Å². The second kappa shape index (κ2) is 6.47. The van der Waals surface area contributed by atoms with E-state index < -0.39 is 0 Å². The van der Waals surface area contributed by atoms with Crippen LogP contribution in [0.4, 0.5) is 0 Å². The Bertz CT molecular complexity index is 466. The number of nitrogens with zero attached hydrogens (tertiary/aromatic N) is 1. The molecule has 0 spiro atoms. The second-order valence-corrected chi connectivity index (χ2v) is 6.66. The number of nitrogens with two attached hydrogens (primary N) is 1. The predicted molar refractivity (Wildman–Crippen MR) is 86.2 cm³/mol. The average molecular weight is 288 g/mol. The Morgan fingerprint density at radius 3 is 2.62 bits per heavy atom. The summed E-state index contributed by atoms with van der Waals surface area (Å²) in [6, 6.07) is 8.91. The summed E-state index contributed by atoms with van der Waals surface area (Å²) in [6.45, 7) is 3.00. The Morgan fingerprint density at radius 2 is 1.95 bits per heavy atom. The third-order valence-electron chi connectivity index (χ3n) is 5.60. The lowest BCUT2D eigenvalue weighted by Gasteiger charge is -2.47. The van der Waals surface area contributed by atoms with Gasteiger partial charge in [0.2, 0.25) is 0 Å². The van der Waals surface area contributed by atoms with Gasteiger partial charge < -0.3 is 10.5 Å². The van der Waals surface area contributed by atoms with Gasteiger partial charge in [-0.3, -0.25) is 4.90 Å². The molecular weight excluding hydrogens is 260 g/mol. The number of fused-ring (bicyclic) bond motifs is 1. The molecule has 1 heterocycles. The van der Waals surface area contributed by atoms with Crippen LogP contribution in [0.2, 0.25) is 0 Å². The predicted octanol–water partition coefficient (Wildman–Crippen LogP) is 2.72. The quantitative estimate of drug-likeness (QED) is 0.929. The molecule has 0 unspecified atom stereocenters. The van der Waals surface area contributed by atoms with E-state index in [1.54, 1.807) is 0 Å². The topological polar surface area (TPSA) is 38.5 Å². The Morgan fingerprint density at radius 1 is 1.24 bits per heavy atom. The average Bonchev–Trinajstić information content (AvgIpc) is 2.77. The fourth-order valence-electron chi connectivity index (χ4n) is 4.12. The van der Waals surface area contributed by atoms with E-state index in [0.717, 1.165) is 25.9 Å². The lowest BCUT2D eigenvalue weighted by Crippen LogP contribution is -2.56. The highest BCUT2D eigenvalue weighted by atomic mass is 16.5. The van der Waals surface area contributed by atoms with Gasteiger partial charge in [0.05, 0.1) is 6.10 Å². The highest BCUT2D eigenvalue weighted by molar-refractivity contribution is 5.28. The molecule has 3 heteroatoms. The zero-order chi connectivity index (χ0) is 14.7. The van der Waals surface area contributed by atoms with Gasteiger partial charge in [0, 0.05) is 25.7 Å². The van der Waals surface area contributed by atoms with Gasteiger partial charge in [-0.15, -0.1) is 0 Å². The standard InChI is InChI=1S/C18H28N2O/c1-21-17-8-10-18(14-19,11-9-17)20-12-4-7-15-5-2-3-6-16(15)13-20/h2-3,5-6,17H,4,7-14,19H2,1H3. The minimum Gasteiger partial charge on any atom is -0.381 e. The van der Waals surface area contributed by atoms with Crippen LogP contribution in [-0.4, -0.2) is 36.7 Å². The molecule has 0 bridgehead atoms. The zero-order valence-corrected chi connectivity index (χ0v) is 13.2. The van der Waals surface area contributed by atoms with Crippen molar-refractivity contribution in [2.45, 2.75) is 56.7 Å². The third-order valence-corrected chi connectivity index (χ3v) is 5.60. The highest BCUT2D eigenvalue weighted by Gasteiger charge is 2.39. The van der Waals surface area contributed by atoms with Gasteiger partial charge in [-0.05, 0) is 56.2 Å². The Kier molecular flexibility index (Phi) is 4.63. The normalized spacial score (nSPS) is 30.7. The Hall–Kier alpha value is -0.900. The fraction of sp³-hybridized carbons (Fsp3) is 0.667. The molecule has 0 amide bonds. The molecule has 0 atom stereocenters. The molecule has 1 aliphatic heterocycles. The highest BCUT2D eigenvalue weighted by Crippen LogP contribution is 2.36. The van der Waals surface area contributed by atoms with Gasteiger partial charge in [0.25, 0.3) is 0 Å². The van der Waals surface area contributed by atoms with Crippen LogP contribution in [0.3, 0.4) is 0 Å². The third kappa shape index (κ3) is 3.01. The number of rotatable bonds is 3. The van der Waals surface area contributed by atoms with Crippen LogP contribution in [0.25, 0.3) is 0 Å². The van der Waals surface area contributed by atoms with Gasteiger partial charge in [0.15, 0.2) is 0 Å². The second-order valence-electron chi connectivity index (χ2n) is 6.66. The molecule has 1 saturated carbocycles. The summed E-state index contributed by atoms with van der Waals surface area (Å²) in [5, 5.41) is 0. The van der Waals surface area contributed by atoms with E-state index in [0.29, 0.717) is 6.10 Å². The van der Waals surface area contributed by atoms with Crippen LogP contribution in [0, 0.1) is 0 Å². The van der Waals surface area contributed by atoms with Crippen LogP contribution in [0.15, 0.2) is 24.3 Å². The molecular formula is C18H28N2O. The van der Waals surface area contributed by atoms with E-state index in [-0.39, 0.29) is 5.54 Å². The summed E-state index contributed by atoms with van der Waals surface area (Å²) >= 11 is 0. The molecule has 1 aromatic carbocycles. The van der Waals surface area contributed by atoms with E-state index in [1.807, 2.05) is 7.11 Å². The minimum absolute atomic E-state index is 0.187. The monoisotopic (exact) mass is 288 g/mol. The number of hydrogen-bond donors (Lipinski definition) is 1. The van der Waals surface area contributed by atoms with E-state index in [1.165, 1.54) is 43.4 Å². The molecule has 1 aliphatic carbocycles. The first-order chi connectivity index (χ1) is 10.3. The summed E-state index contributed by atoms with van der Waals surface area (Å²) in [5.74, 6) is 0. The summed E-state index contributed by atoms with van der Waals surface area (Å²) in [5.41, 5.74) is 9.45. The van der Waals surface area contributed by atoms with Gasteiger partial charge >= 0.3 is 0 Å². The molecule has 2 aliphatic rings. The van der Waals surface area contributed by atoms with Crippen molar-refractivity contribution in [1.29, 1.82) is 0 Å². The van der Waals surface area contributed by atoms with Crippen LogP contribution in [-0.2, 0) is 17.7 Å². The number of methoxy groups -OCH3 is 1. The first kappa shape index (κ1) is 15.0. The largest absolute Gasteiger partial charge is 0.381 e. The van der Waals surface area contributed by atoms with Crippen LogP contribution in [0.1, 0.15) is 43.2 Å². The molecule has 3 nitrogen and oxygen atoms in total. The maximum absolute atomic E-state index is 6.24. The van der Waals surface area contributed by atoms with Crippen LogP contribution in [0.5, 0.6) is 0 Å². The van der Waals surface area contributed by atoms with E-state index in [2.05, 4.69) is 29.2 Å². The van der Waals surface area contributed by atoms with Crippen molar-refractivity contribution in [2.24, 2.45) is 5.73 Å². The molecule has 1 fully saturated rings. The van der Waals surface area contributed by atoms with E-state index >= 15 is 0 Å². The van der Waals surface area contributed by atoms with Crippen molar-refractivity contribution >= 4 is 0 Å². The molecule has 1 aromatic rings. The molecule has 0 aromatic heterocycles. The lowest BCUT2D eigenvalue weighted by molar-refractivity contribution is -0.0101. The molecule has 2 N–H and O–H groups in total. The molecule has 116 valence electrons. The van der Waals surface area contributed by atoms with Crippen molar-refractivity contribution in [2.75, 3.05) is 20.2 Å². The van der Waals surface area contributed by atoms with Gasteiger partial charge in [0.1, 0.15) is 0 Å². The zero-order valence-electron chi connectivity index (χ0n) is 13.2. The maximum atomic E-state index is 6.24. The Balaban J connectivity index is 1.78. The Labute approximate surface area is 128 Å². The fourth-order valence-corrected chi connectivity index (χ4v) is 4.12. The number of aryl methyl sites for hydroxylation is 1. The summed E-state index contributed by atoms with van der Waals surface area (Å²) in [6.07, 6.45) is 7.51. The molecule has 3 rings (SSSR count). The number of benzene rings is 1. The number of hydrogen-bond acceptors (Lipinski definition) is 3. The minimum atomic E-state index is 0.187. The SMILES string of the molecule is COC1CCC(CN)(N2CCCc3ccccc3C2)CC1. The summed E-state index contributed by atoms with van der Waals surface area (Å²) in [4.78, 5) is 2.67. The smallest absolute Gasteiger partial charge is 0.0572 e. The lowest BCUT2D eigenvalue weighted by atomic mass is 9.78. The van der Waals surface area contributed by atoms with Gasteiger partial charge in [-0.2, -0.15) is 0 Å². The maximum Gasteiger partial charge on any atom is 0.0572 e. The molecule has 0 radical (unpaired) electrons. The first-order valence-electron chi connectivity index (χ1n) is 8.32. The summed E-state index contributed by atoms with van der Waals surface area (Å²) in [7, 11) is 1.84.